The number of rotatable bonds is 14. The minimum absolute atomic E-state index is 0.0710. The van der Waals surface area contributed by atoms with E-state index < -0.39 is 6.04 Å². The van der Waals surface area contributed by atoms with E-state index in [4.69, 9.17) is 4.89 Å². The number of hydrogen-bond acceptors (Lipinski definition) is 6. The molecular weight excluding hydrogens is 404 g/mol. The molecule has 7 heteroatoms. The highest BCUT2D eigenvalue weighted by molar-refractivity contribution is 5.83. The van der Waals surface area contributed by atoms with Crippen LogP contribution < -0.4 is 10.6 Å². The fraction of sp³-hybridized carbons (Fsp3) is 0.320. The molecule has 1 unspecified atom stereocenters. The van der Waals surface area contributed by atoms with Gasteiger partial charge in [-0.3, -0.25) is 14.8 Å². The van der Waals surface area contributed by atoms with Gasteiger partial charge in [-0.05, 0) is 47.2 Å². The van der Waals surface area contributed by atoms with E-state index in [0.29, 0.717) is 19.7 Å². The van der Waals surface area contributed by atoms with Crippen molar-refractivity contribution in [1.82, 2.24) is 15.6 Å². The van der Waals surface area contributed by atoms with Crippen molar-refractivity contribution in [3.05, 3.63) is 89.8 Å². The number of nitrogens with zero attached hydrogens (tertiary/aromatic N) is 2. The Kier molecular flexibility index (Phi) is 11.6. The van der Waals surface area contributed by atoms with Crippen molar-refractivity contribution in [2.45, 2.75) is 25.5 Å². The lowest BCUT2D eigenvalue weighted by Gasteiger charge is -2.19. The SMILES string of the molecule is C=C/C=C(\C=NC)CCNC(C(=O)NCCc1ccncc1)c1ccc(COOC)cc1. The zero-order chi connectivity index (χ0) is 23.0. The molecule has 2 rings (SSSR count). The van der Waals surface area contributed by atoms with Crippen LogP contribution in [0.3, 0.4) is 0 Å². The highest BCUT2D eigenvalue weighted by atomic mass is 17.2. The summed E-state index contributed by atoms with van der Waals surface area (Å²) >= 11 is 0. The molecule has 1 amide bonds. The van der Waals surface area contributed by atoms with Gasteiger partial charge in [0.05, 0.1) is 7.11 Å². The summed E-state index contributed by atoms with van der Waals surface area (Å²) in [6, 6.07) is 11.1. The number of aromatic nitrogens is 1. The van der Waals surface area contributed by atoms with Gasteiger partial charge in [0.1, 0.15) is 12.6 Å². The molecule has 1 heterocycles. The van der Waals surface area contributed by atoms with Crippen molar-refractivity contribution in [1.29, 1.82) is 0 Å². The van der Waals surface area contributed by atoms with Gasteiger partial charge in [-0.15, -0.1) is 0 Å². The molecule has 0 fully saturated rings. The van der Waals surface area contributed by atoms with E-state index in [0.717, 1.165) is 35.1 Å². The number of nitrogens with one attached hydrogen (secondary N) is 2. The lowest BCUT2D eigenvalue weighted by molar-refractivity contribution is -0.282. The number of carbonyl (C=O) groups is 1. The van der Waals surface area contributed by atoms with Crippen LogP contribution in [0.2, 0.25) is 0 Å². The summed E-state index contributed by atoms with van der Waals surface area (Å²) in [5.74, 6) is -0.0710. The molecule has 0 aliphatic rings. The third kappa shape index (κ3) is 8.93. The molecule has 2 aromatic rings. The largest absolute Gasteiger partial charge is 0.354 e. The molecule has 1 aromatic heterocycles. The summed E-state index contributed by atoms with van der Waals surface area (Å²) in [6.45, 7) is 5.25. The monoisotopic (exact) mass is 436 g/mol. The van der Waals surface area contributed by atoms with E-state index in [-0.39, 0.29) is 5.91 Å². The Balaban J connectivity index is 2.04. The highest BCUT2D eigenvalue weighted by Gasteiger charge is 2.19. The summed E-state index contributed by atoms with van der Waals surface area (Å²) in [5, 5.41) is 6.42. The number of amides is 1. The Morgan fingerprint density at radius 2 is 1.91 bits per heavy atom. The van der Waals surface area contributed by atoms with Crippen molar-refractivity contribution in [2.24, 2.45) is 4.99 Å². The van der Waals surface area contributed by atoms with Gasteiger partial charge in [-0.2, -0.15) is 0 Å². The topological polar surface area (TPSA) is 84.8 Å². The van der Waals surface area contributed by atoms with Crippen LogP contribution in [-0.2, 0) is 27.6 Å². The first kappa shape index (κ1) is 25.1. The molecule has 1 aromatic carbocycles. The van der Waals surface area contributed by atoms with Gasteiger partial charge in [0.25, 0.3) is 0 Å². The van der Waals surface area contributed by atoms with Crippen LogP contribution in [-0.4, -0.2) is 44.4 Å². The van der Waals surface area contributed by atoms with E-state index >= 15 is 0 Å². The fourth-order valence-corrected chi connectivity index (χ4v) is 3.15. The van der Waals surface area contributed by atoms with Crippen LogP contribution in [0.5, 0.6) is 0 Å². The van der Waals surface area contributed by atoms with Gasteiger partial charge in [-0.25, -0.2) is 9.78 Å². The van der Waals surface area contributed by atoms with Crippen molar-refractivity contribution in [2.75, 3.05) is 27.2 Å². The fourth-order valence-electron chi connectivity index (χ4n) is 3.15. The third-order valence-electron chi connectivity index (χ3n) is 4.77. The molecule has 7 nitrogen and oxygen atoms in total. The second-order valence-electron chi connectivity index (χ2n) is 7.07. The Labute approximate surface area is 190 Å². The Bertz CT molecular complexity index is 880. The lowest BCUT2D eigenvalue weighted by atomic mass is 10.0. The molecule has 0 aliphatic carbocycles. The lowest BCUT2D eigenvalue weighted by Crippen LogP contribution is -2.39. The first-order chi connectivity index (χ1) is 15.7. The third-order valence-corrected chi connectivity index (χ3v) is 4.77. The first-order valence-corrected chi connectivity index (χ1v) is 10.6. The number of benzene rings is 1. The molecule has 0 saturated carbocycles. The van der Waals surface area contributed by atoms with Crippen molar-refractivity contribution >= 4 is 12.1 Å². The standard InChI is InChI=1S/C25H32N4O3/c1-4-5-21(18-26-2)13-16-28-24(23-8-6-22(7-9-23)19-32-31-3)25(30)29-17-12-20-10-14-27-15-11-20/h4-11,14-15,18,24,28H,1,12-13,16-17,19H2,2-3H3,(H,29,30)/b21-5-,26-18?. The molecule has 0 spiro atoms. The van der Waals surface area contributed by atoms with Crippen LogP contribution in [0.4, 0.5) is 0 Å². The van der Waals surface area contributed by atoms with E-state index in [2.05, 4.69) is 32.1 Å². The maximum atomic E-state index is 13.0. The number of aliphatic imine (C=N–C) groups is 1. The van der Waals surface area contributed by atoms with Gasteiger partial charge in [0.2, 0.25) is 5.91 Å². The van der Waals surface area contributed by atoms with Crippen molar-refractivity contribution in [3.8, 4) is 0 Å². The molecule has 170 valence electrons. The zero-order valence-corrected chi connectivity index (χ0v) is 18.8. The molecule has 0 saturated heterocycles. The Morgan fingerprint density at radius 1 is 1.16 bits per heavy atom. The quantitative estimate of drug-likeness (QED) is 0.205. The zero-order valence-electron chi connectivity index (χ0n) is 18.8. The number of hydrogen-bond donors (Lipinski definition) is 2. The maximum Gasteiger partial charge on any atom is 0.241 e. The van der Waals surface area contributed by atoms with Crippen LogP contribution in [0.1, 0.15) is 29.2 Å². The van der Waals surface area contributed by atoms with Crippen LogP contribution in [0.15, 0.2) is 78.1 Å². The highest BCUT2D eigenvalue weighted by Crippen LogP contribution is 2.16. The van der Waals surface area contributed by atoms with Gasteiger partial charge in [-0.1, -0.05) is 43.0 Å². The molecule has 0 radical (unpaired) electrons. The molecule has 32 heavy (non-hydrogen) atoms. The van der Waals surface area contributed by atoms with Gasteiger partial charge in [0, 0.05) is 38.7 Å². The van der Waals surface area contributed by atoms with E-state index in [1.165, 1.54) is 7.11 Å². The average Bonchev–Trinajstić information content (AvgIpc) is 2.82. The summed E-state index contributed by atoms with van der Waals surface area (Å²) in [4.78, 5) is 30.8. The predicted molar refractivity (Wildman–Crippen MR) is 127 cm³/mol. The Morgan fingerprint density at radius 3 is 2.56 bits per heavy atom. The summed E-state index contributed by atoms with van der Waals surface area (Å²) < 4.78 is 0. The van der Waals surface area contributed by atoms with Crippen molar-refractivity contribution in [3.63, 3.8) is 0 Å². The first-order valence-electron chi connectivity index (χ1n) is 10.6. The van der Waals surface area contributed by atoms with E-state index in [1.54, 1.807) is 31.7 Å². The predicted octanol–water partition coefficient (Wildman–Crippen LogP) is 3.35. The minimum Gasteiger partial charge on any atom is -0.354 e. The second kappa shape index (κ2) is 14.8. The van der Waals surface area contributed by atoms with Gasteiger partial charge >= 0.3 is 0 Å². The molecular formula is C25H32N4O3. The molecule has 0 bridgehead atoms. The van der Waals surface area contributed by atoms with Crippen LogP contribution >= 0.6 is 0 Å². The van der Waals surface area contributed by atoms with Crippen LogP contribution in [0, 0.1) is 0 Å². The molecule has 1 atom stereocenters. The van der Waals surface area contributed by atoms with Crippen molar-refractivity contribution < 1.29 is 14.6 Å². The second-order valence-corrected chi connectivity index (χ2v) is 7.07. The Hall–Kier alpha value is -3.13. The average molecular weight is 437 g/mol. The van der Waals surface area contributed by atoms with Crippen LogP contribution in [0.25, 0.3) is 0 Å². The van der Waals surface area contributed by atoms with Gasteiger partial charge < -0.3 is 10.6 Å². The maximum absolute atomic E-state index is 13.0. The summed E-state index contributed by atoms with van der Waals surface area (Å²) in [7, 11) is 3.21. The molecule has 0 aliphatic heterocycles. The number of pyridine rings is 1. The molecule has 2 N–H and O–H groups in total. The van der Waals surface area contributed by atoms with E-state index in [1.807, 2.05) is 42.5 Å². The summed E-state index contributed by atoms with van der Waals surface area (Å²) in [5.41, 5.74) is 4.01. The number of carbonyl (C=O) groups excluding carboxylic acids is 1. The minimum atomic E-state index is -0.478. The summed E-state index contributed by atoms with van der Waals surface area (Å²) in [6.07, 6.45) is 10.4. The van der Waals surface area contributed by atoms with E-state index in [9.17, 15) is 4.79 Å². The smallest absolute Gasteiger partial charge is 0.241 e. The van der Waals surface area contributed by atoms with Gasteiger partial charge in [0.15, 0.2) is 0 Å². The number of allylic oxidation sites excluding steroid dienone is 2. The normalized spacial score (nSPS) is 12.6.